The Kier molecular flexibility index (Phi) is 4.26. The molecule has 112 valence electrons. The maximum Gasteiger partial charge on any atom is 0.325 e. The molecule has 2 rings (SSSR count). The number of nitrogens with one attached hydrogen (secondary N) is 1. The third-order valence-electron chi connectivity index (χ3n) is 3.48. The molecule has 1 aliphatic rings. The Bertz CT molecular complexity index is 597. The highest BCUT2D eigenvalue weighted by Gasteiger charge is 2.26. The number of aryl methyl sites for hydroxylation is 1. The van der Waals surface area contributed by atoms with Gasteiger partial charge in [-0.25, -0.2) is 0 Å². The van der Waals surface area contributed by atoms with Crippen LogP contribution < -0.4 is 10.2 Å². The lowest BCUT2D eigenvalue weighted by molar-refractivity contribution is -0.138. The lowest BCUT2D eigenvalue weighted by Gasteiger charge is -2.20. The van der Waals surface area contributed by atoms with Crippen LogP contribution in [0.5, 0.6) is 0 Å². The van der Waals surface area contributed by atoms with Crippen molar-refractivity contribution in [2.45, 2.75) is 32.7 Å². The van der Waals surface area contributed by atoms with Crippen LogP contribution in [0.15, 0.2) is 18.2 Å². The molecule has 1 fully saturated rings. The van der Waals surface area contributed by atoms with Gasteiger partial charge in [0, 0.05) is 13.0 Å². The van der Waals surface area contributed by atoms with Gasteiger partial charge in [-0.15, -0.1) is 0 Å². The Labute approximate surface area is 122 Å². The fraction of sp³-hybridized carbons (Fsp3) is 0.400. The van der Waals surface area contributed by atoms with Crippen LogP contribution in [-0.2, 0) is 9.59 Å². The highest BCUT2D eigenvalue weighted by molar-refractivity contribution is 6.06. The molecular weight excluding hydrogens is 272 g/mol. The molecule has 0 radical (unpaired) electrons. The summed E-state index contributed by atoms with van der Waals surface area (Å²) in [6, 6.07) is 4.25. The number of carboxylic acid groups (broad SMARTS) is 1. The van der Waals surface area contributed by atoms with Crippen LogP contribution in [0, 0.1) is 6.92 Å². The first-order valence-electron chi connectivity index (χ1n) is 6.85. The summed E-state index contributed by atoms with van der Waals surface area (Å²) in [5, 5.41) is 11.3. The monoisotopic (exact) mass is 290 g/mol. The smallest absolute Gasteiger partial charge is 0.325 e. The van der Waals surface area contributed by atoms with Gasteiger partial charge in [-0.05, 0) is 32.4 Å². The number of rotatable bonds is 4. The second kappa shape index (κ2) is 5.95. The highest BCUT2D eigenvalue weighted by Crippen LogP contribution is 2.26. The van der Waals surface area contributed by atoms with E-state index in [2.05, 4.69) is 5.32 Å². The topological polar surface area (TPSA) is 86.7 Å². The number of hydrogen-bond acceptors (Lipinski definition) is 3. The van der Waals surface area contributed by atoms with Crippen molar-refractivity contribution in [3.63, 3.8) is 0 Å². The van der Waals surface area contributed by atoms with Crippen molar-refractivity contribution in [3.8, 4) is 0 Å². The summed E-state index contributed by atoms with van der Waals surface area (Å²) in [6.45, 7) is 3.82. The van der Waals surface area contributed by atoms with E-state index in [-0.39, 0.29) is 5.91 Å². The van der Waals surface area contributed by atoms with E-state index in [1.54, 1.807) is 17.0 Å². The second-order valence-electron chi connectivity index (χ2n) is 5.20. The molecule has 0 aromatic heterocycles. The summed E-state index contributed by atoms with van der Waals surface area (Å²) in [5.41, 5.74) is 1.75. The molecule has 1 heterocycles. The molecular formula is C15H18N2O4. The minimum atomic E-state index is -1.10. The van der Waals surface area contributed by atoms with Crippen LogP contribution in [-0.4, -0.2) is 35.5 Å². The van der Waals surface area contributed by atoms with Gasteiger partial charge >= 0.3 is 5.97 Å². The molecule has 2 N–H and O–H groups in total. The lowest BCUT2D eigenvalue weighted by Crippen LogP contribution is -2.39. The molecule has 1 aromatic carbocycles. The molecule has 6 nitrogen and oxygen atoms in total. The molecule has 1 aliphatic heterocycles. The first kappa shape index (κ1) is 15.0. The van der Waals surface area contributed by atoms with Gasteiger partial charge in [0.25, 0.3) is 5.91 Å². The normalized spacial score (nSPS) is 15.9. The van der Waals surface area contributed by atoms with Gasteiger partial charge in [0.05, 0.1) is 11.3 Å². The maximum atomic E-state index is 12.3. The zero-order valence-corrected chi connectivity index (χ0v) is 12.0. The maximum absolute atomic E-state index is 12.3. The standard InChI is InChI=1S/C15H18N2O4/c1-9-5-6-12(17-7-3-4-13(17)18)11(8-9)14(19)16-10(2)15(20)21/h5-6,8,10H,3-4,7H2,1-2H3,(H,16,19)(H,20,21)/t10-/m1/s1. The van der Waals surface area contributed by atoms with Crippen molar-refractivity contribution >= 4 is 23.5 Å². The van der Waals surface area contributed by atoms with Gasteiger partial charge in [-0.1, -0.05) is 11.6 Å². The summed E-state index contributed by atoms with van der Waals surface area (Å²) in [6.07, 6.45) is 1.24. The molecule has 0 spiro atoms. The van der Waals surface area contributed by atoms with Crippen molar-refractivity contribution in [3.05, 3.63) is 29.3 Å². The summed E-state index contributed by atoms with van der Waals surface area (Å²) in [7, 11) is 0. The van der Waals surface area contributed by atoms with E-state index in [1.807, 2.05) is 13.0 Å². The average Bonchev–Trinajstić information content (AvgIpc) is 2.84. The van der Waals surface area contributed by atoms with Crippen LogP contribution in [0.1, 0.15) is 35.7 Å². The van der Waals surface area contributed by atoms with Crippen LogP contribution in [0.4, 0.5) is 5.69 Å². The van der Waals surface area contributed by atoms with E-state index in [9.17, 15) is 14.4 Å². The zero-order chi connectivity index (χ0) is 15.6. The molecule has 1 aromatic rings. The number of amides is 2. The third-order valence-corrected chi connectivity index (χ3v) is 3.48. The summed E-state index contributed by atoms with van der Waals surface area (Å²) in [5.74, 6) is -1.60. The fourth-order valence-corrected chi connectivity index (χ4v) is 2.31. The van der Waals surface area contributed by atoms with Crippen LogP contribution >= 0.6 is 0 Å². The van der Waals surface area contributed by atoms with Gasteiger partial charge in [-0.2, -0.15) is 0 Å². The van der Waals surface area contributed by atoms with Crippen LogP contribution in [0.3, 0.4) is 0 Å². The molecule has 0 bridgehead atoms. The van der Waals surface area contributed by atoms with E-state index < -0.39 is 17.9 Å². The van der Waals surface area contributed by atoms with Gasteiger partial charge in [0.1, 0.15) is 6.04 Å². The second-order valence-corrected chi connectivity index (χ2v) is 5.20. The van der Waals surface area contributed by atoms with Gasteiger partial charge in [-0.3, -0.25) is 14.4 Å². The van der Waals surface area contributed by atoms with Gasteiger partial charge in [0.15, 0.2) is 0 Å². The van der Waals surface area contributed by atoms with E-state index in [1.165, 1.54) is 6.92 Å². The van der Waals surface area contributed by atoms with E-state index in [0.717, 1.165) is 12.0 Å². The zero-order valence-electron chi connectivity index (χ0n) is 12.0. The van der Waals surface area contributed by atoms with E-state index in [0.29, 0.717) is 24.2 Å². The molecule has 1 saturated heterocycles. The molecule has 0 aliphatic carbocycles. The lowest BCUT2D eigenvalue weighted by atomic mass is 10.1. The SMILES string of the molecule is Cc1ccc(N2CCCC2=O)c(C(=O)N[C@H](C)C(=O)O)c1. The van der Waals surface area contributed by atoms with Crippen molar-refractivity contribution in [1.29, 1.82) is 0 Å². The first-order valence-corrected chi connectivity index (χ1v) is 6.85. The number of hydrogen-bond donors (Lipinski definition) is 2. The van der Waals surface area contributed by atoms with Gasteiger partial charge < -0.3 is 15.3 Å². The van der Waals surface area contributed by atoms with E-state index >= 15 is 0 Å². The van der Waals surface area contributed by atoms with Crippen molar-refractivity contribution < 1.29 is 19.5 Å². The van der Waals surface area contributed by atoms with Crippen LogP contribution in [0.25, 0.3) is 0 Å². The first-order chi connectivity index (χ1) is 9.90. The number of nitrogens with zero attached hydrogens (tertiary/aromatic N) is 1. The van der Waals surface area contributed by atoms with E-state index in [4.69, 9.17) is 5.11 Å². The number of carbonyl (C=O) groups excluding carboxylic acids is 2. The minimum Gasteiger partial charge on any atom is -0.480 e. The molecule has 1 atom stereocenters. The summed E-state index contributed by atoms with van der Waals surface area (Å²) < 4.78 is 0. The van der Waals surface area contributed by atoms with Crippen LogP contribution in [0.2, 0.25) is 0 Å². The Hall–Kier alpha value is -2.37. The molecule has 0 saturated carbocycles. The Morgan fingerprint density at radius 2 is 2.10 bits per heavy atom. The predicted molar refractivity (Wildman–Crippen MR) is 77.3 cm³/mol. The molecule has 2 amide bonds. The fourth-order valence-electron chi connectivity index (χ4n) is 2.31. The summed E-state index contributed by atoms with van der Waals surface area (Å²) in [4.78, 5) is 36.6. The Morgan fingerprint density at radius 3 is 2.67 bits per heavy atom. The Balaban J connectivity index is 2.33. The van der Waals surface area contributed by atoms with Crippen molar-refractivity contribution in [2.24, 2.45) is 0 Å². The number of benzene rings is 1. The molecule has 6 heteroatoms. The largest absolute Gasteiger partial charge is 0.480 e. The number of aliphatic carboxylic acids is 1. The van der Waals surface area contributed by atoms with Crippen molar-refractivity contribution in [1.82, 2.24) is 5.32 Å². The van der Waals surface area contributed by atoms with Crippen molar-refractivity contribution in [2.75, 3.05) is 11.4 Å². The predicted octanol–water partition coefficient (Wildman–Crippen LogP) is 1.32. The highest BCUT2D eigenvalue weighted by atomic mass is 16.4. The quantitative estimate of drug-likeness (QED) is 0.875. The summed E-state index contributed by atoms with van der Waals surface area (Å²) >= 11 is 0. The molecule has 21 heavy (non-hydrogen) atoms. The number of anilines is 1. The number of carboxylic acids is 1. The minimum absolute atomic E-state index is 0.0146. The average molecular weight is 290 g/mol. The molecule has 0 unspecified atom stereocenters. The third kappa shape index (κ3) is 3.21. The van der Waals surface area contributed by atoms with Gasteiger partial charge in [0.2, 0.25) is 5.91 Å². The Morgan fingerprint density at radius 1 is 1.38 bits per heavy atom. The number of carbonyl (C=O) groups is 3.